The highest BCUT2D eigenvalue weighted by molar-refractivity contribution is 7.80. The van der Waals surface area contributed by atoms with Crippen molar-refractivity contribution in [2.75, 3.05) is 6.54 Å². The van der Waals surface area contributed by atoms with Gasteiger partial charge in [0, 0.05) is 24.5 Å². The molecule has 0 aliphatic carbocycles. The van der Waals surface area contributed by atoms with Gasteiger partial charge in [-0.2, -0.15) is 5.10 Å². The van der Waals surface area contributed by atoms with Gasteiger partial charge in [0.25, 0.3) is 0 Å². The Morgan fingerprint density at radius 2 is 2.40 bits per heavy atom. The molecule has 80 valence electrons. The molecule has 0 amide bonds. The van der Waals surface area contributed by atoms with Crippen LogP contribution in [-0.4, -0.2) is 22.4 Å². The number of hydrogen-bond donors (Lipinski definition) is 2. The molecule has 0 unspecified atom stereocenters. The minimum absolute atomic E-state index is 0.528. The highest BCUT2D eigenvalue weighted by Gasteiger charge is 1.96. The molecule has 5 heteroatoms. The van der Waals surface area contributed by atoms with E-state index in [1.54, 1.807) is 12.4 Å². The van der Waals surface area contributed by atoms with Gasteiger partial charge in [0.05, 0.1) is 5.71 Å². The lowest BCUT2D eigenvalue weighted by atomic mass is 10.2. The summed E-state index contributed by atoms with van der Waals surface area (Å²) >= 11 is 4.98. The van der Waals surface area contributed by atoms with E-state index in [4.69, 9.17) is 12.2 Å². The first-order valence-electron chi connectivity index (χ1n) is 4.72. The lowest BCUT2D eigenvalue weighted by Gasteiger charge is -2.05. The molecule has 0 bridgehead atoms. The predicted octanol–water partition coefficient (Wildman–Crippen LogP) is 1.29. The third-order valence-corrected chi connectivity index (χ3v) is 1.98. The second-order valence-corrected chi connectivity index (χ2v) is 3.32. The third-order valence-electron chi connectivity index (χ3n) is 1.74. The van der Waals surface area contributed by atoms with Gasteiger partial charge in [-0.3, -0.25) is 10.4 Å². The Bertz CT molecular complexity index is 348. The Hall–Kier alpha value is -1.49. The van der Waals surface area contributed by atoms with Gasteiger partial charge >= 0.3 is 0 Å². The monoisotopic (exact) mass is 222 g/mol. The molecule has 4 nitrogen and oxygen atoms in total. The van der Waals surface area contributed by atoms with Crippen molar-refractivity contribution in [3.63, 3.8) is 0 Å². The zero-order valence-corrected chi connectivity index (χ0v) is 9.64. The summed E-state index contributed by atoms with van der Waals surface area (Å²) in [7, 11) is 0. The van der Waals surface area contributed by atoms with Crippen LogP contribution in [0.15, 0.2) is 29.6 Å². The Kier molecular flexibility index (Phi) is 4.70. The van der Waals surface area contributed by atoms with E-state index in [0.29, 0.717) is 5.11 Å². The molecule has 0 aliphatic heterocycles. The fourth-order valence-corrected chi connectivity index (χ4v) is 1.17. The fourth-order valence-electron chi connectivity index (χ4n) is 0.976. The second-order valence-electron chi connectivity index (χ2n) is 2.91. The van der Waals surface area contributed by atoms with Crippen molar-refractivity contribution < 1.29 is 0 Å². The smallest absolute Gasteiger partial charge is 0.186 e. The lowest BCUT2D eigenvalue weighted by molar-refractivity contribution is 0.900. The Balaban J connectivity index is 2.57. The van der Waals surface area contributed by atoms with Crippen molar-refractivity contribution in [2.24, 2.45) is 5.10 Å². The summed E-state index contributed by atoms with van der Waals surface area (Å²) in [5.41, 5.74) is 4.59. The van der Waals surface area contributed by atoms with E-state index in [1.165, 1.54) is 0 Å². The van der Waals surface area contributed by atoms with Gasteiger partial charge in [-0.25, -0.2) is 0 Å². The Labute approximate surface area is 94.8 Å². The van der Waals surface area contributed by atoms with Gasteiger partial charge in [-0.15, -0.1) is 0 Å². The van der Waals surface area contributed by atoms with E-state index in [2.05, 4.69) is 20.8 Å². The molecule has 0 saturated heterocycles. The van der Waals surface area contributed by atoms with Crippen molar-refractivity contribution in [1.29, 1.82) is 0 Å². The number of aromatic nitrogens is 1. The van der Waals surface area contributed by atoms with Crippen molar-refractivity contribution in [2.45, 2.75) is 13.8 Å². The number of nitrogens with zero attached hydrogens (tertiary/aromatic N) is 2. The summed E-state index contributed by atoms with van der Waals surface area (Å²) in [6.07, 6.45) is 3.49. The van der Waals surface area contributed by atoms with Gasteiger partial charge < -0.3 is 5.32 Å². The molecule has 0 aromatic carbocycles. The summed E-state index contributed by atoms with van der Waals surface area (Å²) in [5.74, 6) is 0. The van der Waals surface area contributed by atoms with E-state index in [0.717, 1.165) is 17.8 Å². The van der Waals surface area contributed by atoms with Crippen LogP contribution in [0.25, 0.3) is 0 Å². The molecular weight excluding hydrogens is 208 g/mol. The molecule has 0 atom stereocenters. The average molecular weight is 222 g/mol. The zero-order valence-electron chi connectivity index (χ0n) is 8.82. The highest BCUT2D eigenvalue weighted by atomic mass is 32.1. The molecule has 0 saturated carbocycles. The minimum Gasteiger partial charge on any atom is -0.362 e. The van der Waals surface area contributed by atoms with Crippen LogP contribution in [0.3, 0.4) is 0 Å². The van der Waals surface area contributed by atoms with Crippen LogP contribution < -0.4 is 10.7 Å². The van der Waals surface area contributed by atoms with Crippen molar-refractivity contribution in [1.82, 2.24) is 15.7 Å². The van der Waals surface area contributed by atoms with Crippen molar-refractivity contribution in [3.8, 4) is 0 Å². The second kappa shape index (κ2) is 6.08. The maximum Gasteiger partial charge on any atom is 0.186 e. The zero-order chi connectivity index (χ0) is 11.1. The predicted molar refractivity (Wildman–Crippen MR) is 65.9 cm³/mol. The summed E-state index contributed by atoms with van der Waals surface area (Å²) in [4.78, 5) is 4.01. The standard InChI is InChI=1S/C10H14N4S/c1-3-12-10(15)14-13-8(2)9-5-4-6-11-7-9/h4-7H,3H2,1-2H3,(H2,12,14,15)/b13-8-. The molecule has 0 aliphatic rings. The summed E-state index contributed by atoms with van der Waals surface area (Å²) in [6.45, 7) is 4.66. The van der Waals surface area contributed by atoms with Crippen LogP contribution in [0.4, 0.5) is 0 Å². The van der Waals surface area contributed by atoms with Crippen LogP contribution in [-0.2, 0) is 0 Å². The molecule has 0 spiro atoms. The van der Waals surface area contributed by atoms with E-state index in [-0.39, 0.29) is 0 Å². The first-order chi connectivity index (χ1) is 7.24. The molecule has 0 radical (unpaired) electrons. The van der Waals surface area contributed by atoms with Crippen LogP contribution in [0, 0.1) is 0 Å². The maximum atomic E-state index is 4.98. The SMILES string of the molecule is CCNC(=S)N/N=C(/C)c1cccnc1. The lowest BCUT2D eigenvalue weighted by Crippen LogP contribution is -2.32. The number of hydrazone groups is 1. The van der Waals surface area contributed by atoms with Gasteiger partial charge in [0.15, 0.2) is 5.11 Å². The molecule has 1 heterocycles. The van der Waals surface area contributed by atoms with Crippen molar-refractivity contribution >= 4 is 23.0 Å². The average Bonchev–Trinajstić information content (AvgIpc) is 2.27. The molecule has 0 fully saturated rings. The van der Waals surface area contributed by atoms with Gasteiger partial charge in [-0.1, -0.05) is 6.07 Å². The summed E-state index contributed by atoms with van der Waals surface area (Å²) < 4.78 is 0. The summed E-state index contributed by atoms with van der Waals surface area (Å²) in [5, 5.41) is 7.61. The maximum absolute atomic E-state index is 4.98. The van der Waals surface area contributed by atoms with E-state index in [9.17, 15) is 0 Å². The number of pyridine rings is 1. The van der Waals surface area contributed by atoms with Crippen molar-refractivity contribution in [3.05, 3.63) is 30.1 Å². The quantitative estimate of drug-likeness (QED) is 0.459. The van der Waals surface area contributed by atoms with E-state index < -0.39 is 0 Å². The Morgan fingerprint density at radius 3 is 3.00 bits per heavy atom. The van der Waals surface area contributed by atoms with Crippen LogP contribution in [0.5, 0.6) is 0 Å². The molecule has 15 heavy (non-hydrogen) atoms. The fraction of sp³-hybridized carbons (Fsp3) is 0.300. The normalized spacial score (nSPS) is 10.9. The summed E-state index contributed by atoms with van der Waals surface area (Å²) in [6, 6.07) is 3.82. The van der Waals surface area contributed by atoms with E-state index >= 15 is 0 Å². The number of rotatable bonds is 3. The van der Waals surface area contributed by atoms with E-state index in [1.807, 2.05) is 26.0 Å². The van der Waals surface area contributed by atoms with Crippen LogP contribution in [0.1, 0.15) is 19.4 Å². The van der Waals surface area contributed by atoms with Gasteiger partial charge in [0.2, 0.25) is 0 Å². The van der Waals surface area contributed by atoms with Crippen LogP contribution >= 0.6 is 12.2 Å². The Morgan fingerprint density at radius 1 is 1.60 bits per heavy atom. The molecular formula is C10H14N4S. The van der Waals surface area contributed by atoms with Crippen LogP contribution in [0.2, 0.25) is 0 Å². The number of hydrogen-bond acceptors (Lipinski definition) is 3. The molecule has 1 rings (SSSR count). The number of thiocarbonyl (C=S) groups is 1. The third kappa shape index (κ3) is 4.03. The molecule has 1 aromatic rings. The molecule has 2 N–H and O–H groups in total. The highest BCUT2D eigenvalue weighted by Crippen LogP contribution is 1.97. The number of nitrogens with one attached hydrogen (secondary N) is 2. The van der Waals surface area contributed by atoms with Gasteiger partial charge in [0.1, 0.15) is 0 Å². The molecule has 1 aromatic heterocycles. The first kappa shape index (κ1) is 11.6. The topological polar surface area (TPSA) is 49.3 Å². The minimum atomic E-state index is 0.528. The van der Waals surface area contributed by atoms with Gasteiger partial charge in [-0.05, 0) is 32.1 Å². The largest absolute Gasteiger partial charge is 0.362 e. The first-order valence-corrected chi connectivity index (χ1v) is 5.13.